The monoisotopic (exact) mass is 230 g/mol. The van der Waals surface area contributed by atoms with E-state index >= 15 is 0 Å². The molecule has 2 atom stereocenters. The number of rotatable bonds is 3. The molecule has 92 valence electrons. The molecule has 0 N–H and O–H groups in total. The van der Waals surface area contributed by atoms with E-state index in [4.69, 9.17) is 0 Å². The third kappa shape index (κ3) is 2.38. The van der Waals surface area contributed by atoms with Crippen molar-refractivity contribution in [3.05, 3.63) is 35.9 Å². The lowest BCUT2D eigenvalue weighted by molar-refractivity contribution is 0.257. The summed E-state index contributed by atoms with van der Waals surface area (Å²) in [5.74, 6) is 1.86. The first-order chi connectivity index (χ1) is 8.35. The maximum Gasteiger partial charge on any atom is 0.0233 e. The minimum atomic E-state index is 0.929. The molecule has 0 aromatic heterocycles. The summed E-state index contributed by atoms with van der Waals surface area (Å²) in [6.07, 6.45) is 0. The van der Waals surface area contributed by atoms with E-state index in [2.05, 4.69) is 47.1 Å². The fourth-order valence-electron chi connectivity index (χ4n) is 3.42. The van der Waals surface area contributed by atoms with Crippen molar-refractivity contribution < 1.29 is 0 Å². The second-order valence-corrected chi connectivity index (χ2v) is 5.55. The maximum atomic E-state index is 2.64. The van der Waals surface area contributed by atoms with E-state index < -0.39 is 0 Å². The molecule has 2 unspecified atom stereocenters. The molecule has 0 aliphatic carbocycles. The minimum Gasteiger partial charge on any atom is -0.303 e. The van der Waals surface area contributed by atoms with Gasteiger partial charge in [0.1, 0.15) is 0 Å². The summed E-state index contributed by atoms with van der Waals surface area (Å²) >= 11 is 0. The molecule has 0 spiro atoms. The largest absolute Gasteiger partial charge is 0.303 e. The molecular formula is C15H22N2. The predicted octanol–water partition coefficient (Wildman–Crippen LogP) is 2.07. The highest BCUT2D eigenvalue weighted by Crippen LogP contribution is 2.31. The Kier molecular flexibility index (Phi) is 3.17. The van der Waals surface area contributed by atoms with Crippen LogP contribution in [-0.4, -0.2) is 42.5 Å². The molecular weight excluding hydrogens is 208 g/mol. The van der Waals surface area contributed by atoms with Gasteiger partial charge in [0.15, 0.2) is 0 Å². The van der Waals surface area contributed by atoms with Gasteiger partial charge in [-0.3, -0.25) is 4.90 Å². The van der Waals surface area contributed by atoms with E-state index in [0.29, 0.717) is 0 Å². The fourth-order valence-corrected chi connectivity index (χ4v) is 3.42. The molecule has 2 heteroatoms. The lowest BCUT2D eigenvalue weighted by atomic mass is 10.0. The number of benzene rings is 1. The Morgan fingerprint density at radius 2 is 1.53 bits per heavy atom. The van der Waals surface area contributed by atoms with Crippen LogP contribution in [0.4, 0.5) is 0 Å². The van der Waals surface area contributed by atoms with E-state index in [1.54, 1.807) is 0 Å². The van der Waals surface area contributed by atoms with Crippen LogP contribution in [0.15, 0.2) is 30.3 Å². The zero-order valence-electron chi connectivity index (χ0n) is 10.7. The number of nitrogens with zero attached hydrogens (tertiary/aromatic N) is 2. The highest BCUT2D eigenvalue weighted by molar-refractivity contribution is 5.14. The van der Waals surface area contributed by atoms with Crippen molar-refractivity contribution in [2.45, 2.75) is 13.5 Å². The first-order valence-electron chi connectivity index (χ1n) is 6.84. The summed E-state index contributed by atoms with van der Waals surface area (Å²) in [4.78, 5) is 5.24. The highest BCUT2D eigenvalue weighted by atomic mass is 15.2. The zero-order chi connectivity index (χ0) is 11.7. The topological polar surface area (TPSA) is 6.48 Å². The van der Waals surface area contributed by atoms with Gasteiger partial charge in [-0.05, 0) is 23.9 Å². The molecule has 2 nitrogen and oxygen atoms in total. The van der Waals surface area contributed by atoms with Crippen molar-refractivity contribution in [3.8, 4) is 0 Å². The van der Waals surface area contributed by atoms with Crippen LogP contribution in [-0.2, 0) is 6.54 Å². The second-order valence-electron chi connectivity index (χ2n) is 5.55. The standard InChI is InChI=1S/C15H22N2/c1-2-16-9-14-11-17(12-15(14)10-16)8-13-6-4-3-5-7-13/h3-7,14-15H,2,8-12H2,1H3. The van der Waals surface area contributed by atoms with Crippen molar-refractivity contribution >= 4 is 0 Å². The van der Waals surface area contributed by atoms with E-state index in [-0.39, 0.29) is 0 Å². The van der Waals surface area contributed by atoms with Gasteiger partial charge in [0.2, 0.25) is 0 Å². The first-order valence-corrected chi connectivity index (χ1v) is 6.84. The van der Waals surface area contributed by atoms with Gasteiger partial charge in [-0.2, -0.15) is 0 Å². The number of hydrogen-bond donors (Lipinski definition) is 0. The van der Waals surface area contributed by atoms with Gasteiger partial charge in [-0.25, -0.2) is 0 Å². The SMILES string of the molecule is CCN1CC2CN(Cc3ccccc3)CC2C1. The molecule has 3 rings (SSSR count). The quantitative estimate of drug-likeness (QED) is 0.784. The van der Waals surface area contributed by atoms with Crippen LogP contribution in [0.25, 0.3) is 0 Å². The summed E-state index contributed by atoms with van der Waals surface area (Å²) in [7, 11) is 0. The van der Waals surface area contributed by atoms with Crippen LogP contribution >= 0.6 is 0 Å². The zero-order valence-corrected chi connectivity index (χ0v) is 10.7. The first kappa shape index (κ1) is 11.2. The average molecular weight is 230 g/mol. The predicted molar refractivity (Wildman–Crippen MR) is 70.8 cm³/mol. The van der Waals surface area contributed by atoms with Crippen molar-refractivity contribution in [1.29, 1.82) is 0 Å². The Bertz CT molecular complexity index is 348. The van der Waals surface area contributed by atoms with Crippen molar-refractivity contribution in [2.24, 2.45) is 11.8 Å². The molecule has 0 saturated carbocycles. The fraction of sp³-hybridized carbons (Fsp3) is 0.600. The minimum absolute atomic E-state index is 0.929. The van der Waals surface area contributed by atoms with Gasteiger partial charge in [0.05, 0.1) is 0 Å². The molecule has 1 aromatic rings. The lowest BCUT2D eigenvalue weighted by Crippen LogP contribution is -2.28. The van der Waals surface area contributed by atoms with Crippen LogP contribution in [0, 0.1) is 11.8 Å². The molecule has 0 radical (unpaired) electrons. The second kappa shape index (κ2) is 4.79. The Balaban J connectivity index is 1.56. The third-order valence-corrected chi connectivity index (χ3v) is 4.33. The summed E-state index contributed by atoms with van der Waals surface area (Å²) in [6, 6.07) is 10.9. The van der Waals surface area contributed by atoms with Crippen LogP contribution < -0.4 is 0 Å². The van der Waals surface area contributed by atoms with Gasteiger partial charge in [-0.15, -0.1) is 0 Å². The highest BCUT2D eigenvalue weighted by Gasteiger charge is 2.38. The number of hydrogen-bond acceptors (Lipinski definition) is 2. The van der Waals surface area contributed by atoms with Crippen LogP contribution in [0.2, 0.25) is 0 Å². The smallest absolute Gasteiger partial charge is 0.0233 e. The number of likely N-dealkylation sites (tertiary alicyclic amines) is 2. The molecule has 0 bridgehead atoms. The summed E-state index contributed by atoms with van der Waals surface area (Å²) in [5, 5.41) is 0. The molecule has 2 aliphatic heterocycles. The Morgan fingerprint density at radius 1 is 0.941 bits per heavy atom. The van der Waals surface area contributed by atoms with Gasteiger partial charge in [-0.1, -0.05) is 37.3 Å². The van der Waals surface area contributed by atoms with Crippen molar-refractivity contribution in [3.63, 3.8) is 0 Å². The van der Waals surface area contributed by atoms with E-state index in [0.717, 1.165) is 18.4 Å². The van der Waals surface area contributed by atoms with E-state index in [1.807, 2.05) is 0 Å². The van der Waals surface area contributed by atoms with E-state index in [9.17, 15) is 0 Å². The lowest BCUT2D eigenvalue weighted by Gasteiger charge is -2.20. The Hall–Kier alpha value is -0.860. The summed E-state index contributed by atoms with van der Waals surface area (Å²) < 4.78 is 0. The molecule has 2 fully saturated rings. The van der Waals surface area contributed by atoms with Crippen LogP contribution in [0.3, 0.4) is 0 Å². The maximum absolute atomic E-state index is 2.64. The van der Waals surface area contributed by atoms with Gasteiger partial charge >= 0.3 is 0 Å². The van der Waals surface area contributed by atoms with Gasteiger partial charge in [0.25, 0.3) is 0 Å². The molecule has 2 heterocycles. The molecule has 2 aliphatic rings. The van der Waals surface area contributed by atoms with E-state index in [1.165, 1.54) is 38.3 Å². The Labute approximate surface area is 104 Å². The van der Waals surface area contributed by atoms with Gasteiger partial charge in [0, 0.05) is 32.7 Å². The summed E-state index contributed by atoms with van der Waals surface area (Å²) in [6.45, 7) is 9.90. The molecule has 17 heavy (non-hydrogen) atoms. The van der Waals surface area contributed by atoms with Crippen LogP contribution in [0.5, 0.6) is 0 Å². The van der Waals surface area contributed by atoms with Crippen molar-refractivity contribution in [2.75, 3.05) is 32.7 Å². The van der Waals surface area contributed by atoms with Crippen LogP contribution in [0.1, 0.15) is 12.5 Å². The molecule has 1 aromatic carbocycles. The third-order valence-electron chi connectivity index (χ3n) is 4.33. The molecule has 2 saturated heterocycles. The van der Waals surface area contributed by atoms with Crippen molar-refractivity contribution in [1.82, 2.24) is 9.80 Å². The van der Waals surface area contributed by atoms with Gasteiger partial charge < -0.3 is 4.90 Å². The number of fused-ring (bicyclic) bond motifs is 1. The summed E-state index contributed by atoms with van der Waals surface area (Å²) in [5.41, 5.74) is 1.46. The normalized spacial score (nSPS) is 29.7. The molecule has 0 amide bonds. The Morgan fingerprint density at radius 3 is 2.12 bits per heavy atom. The average Bonchev–Trinajstić information content (AvgIpc) is 2.87.